The van der Waals surface area contributed by atoms with Crippen LogP contribution in [-0.2, 0) is 4.79 Å². The summed E-state index contributed by atoms with van der Waals surface area (Å²) in [5.41, 5.74) is 1.79. The number of carbonyl (C=O) groups excluding carboxylic acids is 2. The second-order valence-corrected chi connectivity index (χ2v) is 5.41. The highest BCUT2D eigenvalue weighted by Crippen LogP contribution is 2.16. The summed E-state index contributed by atoms with van der Waals surface area (Å²) < 4.78 is 10.2. The zero-order valence-corrected chi connectivity index (χ0v) is 14.0. The predicted octanol–water partition coefficient (Wildman–Crippen LogP) is 1.89. The van der Waals surface area contributed by atoms with Gasteiger partial charge in [0.25, 0.3) is 5.91 Å². The molecule has 0 atom stereocenters. The van der Waals surface area contributed by atoms with Crippen LogP contribution in [0.4, 0.5) is 5.69 Å². The van der Waals surface area contributed by atoms with Crippen molar-refractivity contribution in [2.45, 2.75) is 6.92 Å². The molecular formula is C18H17N3O5. The van der Waals surface area contributed by atoms with Crippen molar-refractivity contribution >= 4 is 28.6 Å². The van der Waals surface area contributed by atoms with Crippen LogP contribution < -0.4 is 21.1 Å². The number of H-pyrrole nitrogens is 1. The summed E-state index contributed by atoms with van der Waals surface area (Å²) in [5.74, 6) is -0.645. The molecule has 0 saturated carbocycles. The molecule has 0 aliphatic heterocycles. The van der Waals surface area contributed by atoms with E-state index < -0.39 is 11.7 Å². The third kappa shape index (κ3) is 4.10. The number of benzene rings is 2. The van der Waals surface area contributed by atoms with Crippen molar-refractivity contribution in [3.8, 4) is 5.75 Å². The molecule has 0 radical (unpaired) electrons. The highest BCUT2D eigenvalue weighted by Gasteiger charge is 2.09. The number of hydrogen-bond acceptors (Lipinski definition) is 5. The fourth-order valence-electron chi connectivity index (χ4n) is 2.37. The smallest absolute Gasteiger partial charge is 0.417 e. The van der Waals surface area contributed by atoms with E-state index >= 15 is 0 Å². The Labute approximate surface area is 148 Å². The largest absolute Gasteiger partial charge is 0.494 e. The van der Waals surface area contributed by atoms with Crippen molar-refractivity contribution in [2.24, 2.45) is 0 Å². The summed E-state index contributed by atoms with van der Waals surface area (Å²) in [6.07, 6.45) is 0. The lowest BCUT2D eigenvalue weighted by Crippen LogP contribution is -2.32. The highest BCUT2D eigenvalue weighted by molar-refractivity contribution is 5.99. The Morgan fingerprint density at radius 3 is 2.65 bits per heavy atom. The van der Waals surface area contributed by atoms with Gasteiger partial charge in [0.15, 0.2) is 5.58 Å². The van der Waals surface area contributed by atoms with Crippen molar-refractivity contribution in [3.63, 3.8) is 0 Å². The standard InChI is InChI=1S/C18H17N3O5/c1-2-25-13-6-3-11(4-7-13)17(23)19-10-16(22)20-12-5-8-15-14(9-12)21-18(24)26-15/h3-9H,2,10H2,1H3,(H,19,23)(H,20,22)(H,21,24). The quantitative estimate of drug-likeness (QED) is 0.625. The van der Waals surface area contributed by atoms with Gasteiger partial charge in [0.1, 0.15) is 5.75 Å². The van der Waals surface area contributed by atoms with Gasteiger partial charge in [0.2, 0.25) is 5.91 Å². The summed E-state index contributed by atoms with van der Waals surface area (Å²) in [7, 11) is 0. The number of hydrogen-bond donors (Lipinski definition) is 3. The van der Waals surface area contributed by atoms with E-state index in [2.05, 4.69) is 15.6 Å². The molecule has 0 unspecified atom stereocenters. The number of nitrogens with one attached hydrogen (secondary N) is 3. The van der Waals surface area contributed by atoms with Gasteiger partial charge in [0.05, 0.1) is 18.7 Å². The van der Waals surface area contributed by atoms with Gasteiger partial charge in [-0.05, 0) is 49.4 Å². The molecule has 3 rings (SSSR count). The normalized spacial score (nSPS) is 10.5. The van der Waals surface area contributed by atoms with Crippen LogP contribution in [0.25, 0.3) is 11.1 Å². The fraction of sp³-hybridized carbons (Fsp3) is 0.167. The van der Waals surface area contributed by atoms with Crippen molar-refractivity contribution in [1.29, 1.82) is 0 Å². The van der Waals surface area contributed by atoms with Crippen molar-refractivity contribution in [3.05, 3.63) is 58.6 Å². The number of aromatic nitrogens is 1. The summed E-state index contributed by atoms with van der Waals surface area (Å²) >= 11 is 0. The Balaban J connectivity index is 1.55. The molecule has 0 aliphatic rings. The Morgan fingerprint density at radius 1 is 1.15 bits per heavy atom. The van der Waals surface area contributed by atoms with E-state index in [4.69, 9.17) is 9.15 Å². The average Bonchev–Trinajstić information content (AvgIpc) is 3.00. The first-order chi connectivity index (χ1) is 12.5. The zero-order valence-electron chi connectivity index (χ0n) is 14.0. The van der Waals surface area contributed by atoms with E-state index in [0.717, 1.165) is 0 Å². The maximum absolute atomic E-state index is 12.1. The van der Waals surface area contributed by atoms with Gasteiger partial charge in [-0.2, -0.15) is 0 Å². The SMILES string of the molecule is CCOc1ccc(C(=O)NCC(=O)Nc2ccc3oc(=O)[nH]c3c2)cc1. The first-order valence-corrected chi connectivity index (χ1v) is 7.99. The number of fused-ring (bicyclic) bond motifs is 1. The number of carbonyl (C=O) groups is 2. The first-order valence-electron chi connectivity index (χ1n) is 7.99. The minimum absolute atomic E-state index is 0.189. The second kappa shape index (κ2) is 7.56. The molecule has 0 spiro atoms. The Bertz CT molecular complexity index is 988. The molecular weight excluding hydrogens is 338 g/mol. The van der Waals surface area contributed by atoms with Gasteiger partial charge in [-0.1, -0.05) is 0 Å². The molecule has 2 aromatic carbocycles. The lowest BCUT2D eigenvalue weighted by atomic mass is 10.2. The van der Waals surface area contributed by atoms with Crippen LogP contribution in [0.1, 0.15) is 17.3 Å². The average molecular weight is 355 g/mol. The highest BCUT2D eigenvalue weighted by atomic mass is 16.5. The monoisotopic (exact) mass is 355 g/mol. The first kappa shape index (κ1) is 17.3. The van der Waals surface area contributed by atoms with Crippen LogP contribution in [0.5, 0.6) is 5.75 Å². The van der Waals surface area contributed by atoms with Gasteiger partial charge in [0, 0.05) is 11.3 Å². The number of rotatable bonds is 6. The maximum atomic E-state index is 12.1. The molecule has 8 nitrogen and oxygen atoms in total. The third-order valence-corrected chi connectivity index (χ3v) is 3.54. The summed E-state index contributed by atoms with van der Waals surface area (Å²) in [6, 6.07) is 11.4. The van der Waals surface area contributed by atoms with Crippen LogP contribution in [0.15, 0.2) is 51.7 Å². The van der Waals surface area contributed by atoms with Gasteiger partial charge in [-0.25, -0.2) is 4.79 Å². The van der Waals surface area contributed by atoms with Crippen LogP contribution in [0.3, 0.4) is 0 Å². The lowest BCUT2D eigenvalue weighted by Gasteiger charge is -2.08. The summed E-state index contributed by atoms with van der Waals surface area (Å²) in [4.78, 5) is 37.7. The predicted molar refractivity (Wildman–Crippen MR) is 95.4 cm³/mol. The minimum atomic E-state index is -0.564. The van der Waals surface area contributed by atoms with Gasteiger partial charge in [-0.15, -0.1) is 0 Å². The molecule has 134 valence electrons. The van der Waals surface area contributed by atoms with Crippen molar-refractivity contribution < 1.29 is 18.7 Å². The molecule has 1 heterocycles. The molecule has 1 aromatic heterocycles. The van der Waals surface area contributed by atoms with E-state index in [1.807, 2.05) is 6.92 Å². The van der Waals surface area contributed by atoms with Crippen molar-refractivity contribution in [2.75, 3.05) is 18.5 Å². The number of oxazole rings is 1. The van der Waals surface area contributed by atoms with Gasteiger partial charge >= 0.3 is 5.76 Å². The lowest BCUT2D eigenvalue weighted by molar-refractivity contribution is -0.115. The molecule has 8 heteroatoms. The molecule has 0 fully saturated rings. The molecule has 0 bridgehead atoms. The molecule has 0 saturated heterocycles. The fourth-order valence-corrected chi connectivity index (χ4v) is 2.37. The number of ether oxygens (including phenoxy) is 1. The van der Waals surface area contributed by atoms with E-state index in [9.17, 15) is 14.4 Å². The van der Waals surface area contributed by atoms with Crippen LogP contribution in [0.2, 0.25) is 0 Å². The number of aromatic amines is 1. The third-order valence-electron chi connectivity index (χ3n) is 3.54. The van der Waals surface area contributed by atoms with E-state index in [1.165, 1.54) is 0 Å². The van der Waals surface area contributed by atoms with E-state index in [-0.39, 0.29) is 12.5 Å². The topological polar surface area (TPSA) is 113 Å². The Morgan fingerprint density at radius 2 is 1.92 bits per heavy atom. The molecule has 2 amide bonds. The summed E-state index contributed by atoms with van der Waals surface area (Å²) in [6.45, 7) is 2.23. The molecule has 3 aromatic rings. The van der Waals surface area contributed by atoms with Gasteiger partial charge in [-0.3, -0.25) is 14.6 Å². The summed E-state index contributed by atoms with van der Waals surface area (Å²) in [5, 5.41) is 5.18. The minimum Gasteiger partial charge on any atom is -0.494 e. The maximum Gasteiger partial charge on any atom is 0.417 e. The van der Waals surface area contributed by atoms with Crippen LogP contribution >= 0.6 is 0 Å². The van der Waals surface area contributed by atoms with Crippen LogP contribution in [-0.4, -0.2) is 29.9 Å². The van der Waals surface area contributed by atoms with E-state index in [0.29, 0.717) is 34.7 Å². The zero-order chi connectivity index (χ0) is 18.5. The van der Waals surface area contributed by atoms with Gasteiger partial charge < -0.3 is 19.8 Å². The molecule has 3 N–H and O–H groups in total. The molecule has 0 aliphatic carbocycles. The Kier molecular flexibility index (Phi) is 5.02. The number of anilines is 1. The molecule has 26 heavy (non-hydrogen) atoms. The van der Waals surface area contributed by atoms with E-state index in [1.54, 1.807) is 42.5 Å². The van der Waals surface area contributed by atoms with Crippen LogP contribution in [0, 0.1) is 0 Å². The van der Waals surface area contributed by atoms with Crippen molar-refractivity contribution in [1.82, 2.24) is 10.3 Å². The number of amides is 2. The second-order valence-electron chi connectivity index (χ2n) is 5.41. The Hall–Kier alpha value is -3.55.